The molecule has 4 heteroatoms. The molecule has 1 unspecified atom stereocenters. The van der Waals surface area contributed by atoms with Gasteiger partial charge in [0, 0.05) is 18.8 Å². The molecule has 2 N–H and O–H groups in total. The van der Waals surface area contributed by atoms with Crippen molar-refractivity contribution in [2.24, 2.45) is 11.1 Å². The van der Waals surface area contributed by atoms with Crippen LogP contribution in [0.3, 0.4) is 0 Å². The normalized spacial score (nSPS) is 19.3. The topological polar surface area (TPSA) is 59.2 Å². The first-order valence-electron chi connectivity index (χ1n) is 10.1. The Morgan fingerprint density at radius 1 is 1.00 bits per heavy atom. The number of amides is 1. The minimum absolute atomic E-state index is 0.204. The van der Waals surface area contributed by atoms with Gasteiger partial charge in [-0.15, -0.1) is 0 Å². The maximum absolute atomic E-state index is 12.4. The van der Waals surface area contributed by atoms with E-state index < -0.39 is 5.41 Å². The van der Waals surface area contributed by atoms with E-state index in [0.717, 1.165) is 36.5 Å². The van der Waals surface area contributed by atoms with E-state index in [4.69, 9.17) is 5.73 Å². The first kappa shape index (κ1) is 19.3. The number of likely N-dealkylation sites (tertiary alicyclic amines) is 1. The third-order valence-electron chi connectivity index (χ3n) is 5.89. The van der Waals surface area contributed by atoms with Crippen LogP contribution in [0.2, 0.25) is 0 Å². The van der Waals surface area contributed by atoms with Gasteiger partial charge in [0.1, 0.15) is 0 Å². The molecule has 1 aromatic heterocycles. The number of hydrogen-bond acceptors (Lipinski definition) is 3. The fourth-order valence-corrected chi connectivity index (χ4v) is 4.28. The van der Waals surface area contributed by atoms with Crippen molar-refractivity contribution in [3.63, 3.8) is 0 Å². The molecule has 1 saturated heterocycles. The number of carbonyl (C=O) groups excluding carboxylic acids is 1. The van der Waals surface area contributed by atoms with Crippen molar-refractivity contribution in [2.75, 3.05) is 13.1 Å². The molecule has 1 amide bonds. The standard InChI is InChI=1S/C25H27N3O/c1-19-6-5-9-23(27-19)17-28-15-14-25(18-28,24(26)29)16-20-10-12-22(13-11-20)21-7-3-2-4-8-21/h2-13H,14-18H2,1H3,(H2,26,29). The number of carbonyl (C=O) groups is 1. The van der Waals surface area contributed by atoms with E-state index in [9.17, 15) is 4.79 Å². The fourth-order valence-electron chi connectivity index (χ4n) is 4.28. The van der Waals surface area contributed by atoms with E-state index in [0.29, 0.717) is 13.0 Å². The summed E-state index contributed by atoms with van der Waals surface area (Å²) in [5, 5.41) is 0. The lowest BCUT2D eigenvalue weighted by atomic mass is 9.80. The molecule has 148 valence electrons. The molecule has 0 spiro atoms. The van der Waals surface area contributed by atoms with Crippen LogP contribution in [-0.4, -0.2) is 28.9 Å². The molecular formula is C25H27N3O. The Labute approximate surface area is 172 Å². The molecule has 29 heavy (non-hydrogen) atoms. The predicted molar refractivity (Wildman–Crippen MR) is 116 cm³/mol. The number of rotatable bonds is 6. The van der Waals surface area contributed by atoms with E-state index in [1.165, 1.54) is 11.1 Å². The number of primary amides is 1. The zero-order valence-electron chi connectivity index (χ0n) is 16.8. The van der Waals surface area contributed by atoms with Crippen LogP contribution in [0, 0.1) is 12.3 Å². The average molecular weight is 386 g/mol. The summed E-state index contributed by atoms with van der Waals surface area (Å²) in [6, 6.07) is 24.9. The zero-order chi connectivity index (χ0) is 20.3. The zero-order valence-corrected chi connectivity index (χ0v) is 16.8. The summed E-state index contributed by atoms with van der Waals surface area (Å²) in [5.41, 5.74) is 11.0. The maximum atomic E-state index is 12.4. The highest BCUT2D eigenvalue weighted by Crippen LogP contribution is 2.35. The van der Waals surface area contributed by atoms with Crippen LogP contribution in [0.4, 0.5) is 0 Å². The first-order valence-corrected chi connectivity index (χ1v) is 10.1. The van der Waals surface area contributed by atoms with Crippen molar-refractivity contribution in [2.45, 2.75) is 26.3 Å². The second-order valence-corrected chi connectivity index (χ2v) is 8.12. The van der Waals surface area contributed by atoms with Gasteiger partial charge in [-0.05, 0) is 55.1 Å². The van der Waals surface area contributed by atoms with Crippen LogP contribution < -0.4 is 5.73 Å². The van der Waals surface area contributed by atoms with E-state index in [2.05, 4.69) is 46.3 Å². The Morgan fingerprint density at radius 2 is 1.72 bits per heavy atom. The monoisotopic (exact) mass is 385 g/mol. The molecule has 0 radical (unpaired) electrons. The summed E-state index contributed by atoms with van der Waals surface area (Å²) in [7, 11) is 0. The minimum Gasteiger partial charge on any atom is -0.369 e. The summed E-state index contributed by atoms with van der Waals surface area (Å²) in [5.74, 6) is -0.204. The highest BCUT2D eigenvalue weighted by molar-refractivity contribution is 5.82. The van der Waals surface area contributed by atoms with Gasteiger partial charge in [0.05, 0.1) is 11.1 Å². The molecule has 2 aromatic carbocycles. The van der Waals surface area contributed by atoms with Gasteiger partial charge in [0.25, 0.3) is 0 Å². The van der Waals surface area contributed by atoms with Gasteiger partial charge < -0.3 is 5.73 Å². The second kappa shape index (κ2) is 8.18. The lowest BCUT2D eigenvalue weighted by Crippen LogP contribution is -2.41. The molecule has 1 atom stereocenters. The van der Waals surface area contributed by atoms with Crippen molar-refractivity contribution >= 4 is 5.91 Å². The Hall–Kier alpha value is -2.98. The highest BCUT2D eigenvalue weighted by Gasteiger charge is 2.43. The van der Waals surface area contributed by atoms with Gasteiger partial charge in [0.15, 0.2) is 0 Å². The van der Waals surface area contributed by atoms with E-state index >= 15 is 0 Å². The summed E-state index contributed by atoms with van der Waals surface area (Å²) in [6.07, 6.45) is 1.46. The molecule has 1 aliphatic rings. The largest absolute Gasteiger partial charge is 0.369 e. The highest BCUT2D eigenvalue weighted by atomic mass is 16.1. The maximum Gasteiger partial charge on any atom is 0.225 e. The van der Waals surface area contributed by atoms with Crippen molar-refractivity contribution in [1.82, 2.24) is 9.88 Å². The number of benzene rings is 2. The SMILES string of the molecule is Cc1cccc(CN2CCC(Cc3ccc(-c4ccccc4)cc3)(C(N)=O)C2)n1. The van der Waals surface area contributed by atoms with Crippen molar-refractivity contribution in [3.05, 3.63) is 89.7 Å². The molecule has 0 aliphatic carbocycles. The lowest BCUT2D eigenvalue weighted by molar-refractivity contribution is -0.127. The van der Waals surface area contributed by atoms with Crippen LogP contribution in [0.15, 0.2) is 72.8 Å². The van der Waals surface area contributed by atoms with Crippen molar-refractivity contribution in [1.29, 1.82) is 0 Å². The third kappa shape index (κ3) is 4.38. The molecule has 1 fully saturated rings. The average Bonchev–Trinajstić information content (AvgIpc) is 3.13. The number of pyridine rings is 1. The van der Waals surface area contributed by atoms with Crippen molar-refractivity contribution < 1.29 is 4.79 Å². The fraction of sp³-hybridized carbons (Fsp3) is 0.280. The molecule has 4 nitrogen and oxygen atoms in total. The van der Waals surface area contributed by atoms with Gasteiger partial charge in [0.2, 0.25) is 5.91 Å². The van der Waals surface area contributed by atoms with Gasteiger partial charge in [-0.1, -0.05) is 60.7 Å². The van der Waals surface area contributed by atoms with Crippen LogP contribution in [0.1, 0.15) is 23.4 Å². The number of aromatic nitrogens is 1. The van der Waals surface area contributed by atoms with Gasteiger partial charge in [-0.25, -0.2) is 0 Å². The van der Waals surface area contributed by atoms with Gasteiger partial charge in [-0.2, -0.15) is 0 Å². The number of nitrogens with two attached hydrogens (primary N) is 1. The Kier molecular flexibility index (Phi) is 5.45. The lowest BCUT2D eigenvalue weighted by Gasteiger charge is -2.26. The third-order valence-corrected chi connectivity index (χ3v) is 5.89. The van der Waals surface area contributed by atoms with Crippen LogP contribution in [-0.2, 0) is 17.8 Å². The molecule has 0 bridgehead atoms. The Balaban J connectivity index is 1.47. The van der Waals surface area contributed by atoms with Crippen LogP contribution in [0.25, 0.3) is 11.1 Å². The number of aryl methyl sites for hydroxylation is 1. The van der Waals surface area contributed by atoms with E-state index in [1.807, 2.05) is 43.3 Å². The quantitative estimate of drug-likeness (QED) is 0.698. The molecule has 4 rings (SSSR count). The van der Waals surface area contributed by atoms with E-state index in [-0.39, 0.29) is 5.91 Å². The molecule has 3 aromatic rings. The molecular weight excluding hydrogens is 358 g/mol. The summed E-state index contributed by atoms with van der Waals surface area (Å²) in [6.45, 7) is 4.29. The van der Waals surface area contributed by atoms with Crippen LogP contribution in [0.5, 0.6) is 0 Å². The minimum atomic E-state index is -0.516. The summed E-state index contributed by atoms with van der Waals surface area (Å²) in [4.78, 5) is 19.3. The Morgan fingerprint density at radius 3 is 2.41 bits per heavy atom. The number of hydrogen-bond donors (Lipinski definition) is 1. The predicted octanol–water partition coefficient (Wildman–Crippen LogP) is 3.98. The summed E-state index contributed by atoms with van der Waals surface area (Å²) < 4.78 is 0. The van der Waals surface area contributed by atoms with Gasteiger partial charge >= 0.3 is 0 Å². The van der Waals surface area contributed by atoms with Crippen LogP contribution >= 0.6 is 0 Å². The molecule has 0 saturated carbocycles. The first-order chi connectivity index (χ1) is 14.0. The summed E-state index contributed by atoms with van der Waals surface area (Å²) >= 11 is 0. The number of nitrogens with zero attached hydrogens (tertiary/aromatic N) is 2. The van der Waals surface area contributed by atoms with Gasteiger partial charge in [-0.3, -0.25) is 14.7 Å². The smallest absolute Gasteiger partial charge is 0.225 e. The second-order valence-electron chi connectivity index (χ2n) is 8.12. The Bertz CT molecular complexity index is 984. The molecule has 2 heterocycles. The van der Waals surface area contributed by atoms with Crippen molar-refractivity contribution in [3.8, 4) is 11.1 Å². The van der Waals surface area contributed by atoms with E-state index in [1.54, 1.807) is 0 Å². The molecule has 1 aliphatic heterocycles.